The van der Waals surface area contributed by atoms with E-state index in [9.17, 15) is 9.18 Å². The Hall–Kier alpha value is -1.82. The summed E-state index contributed by atoms with van der Waals surface area (Å²) in [7, 11) is 1.60. The summed E-state index contributed by atoms with van der Waals surface area (Å²) < 4.78 is 23.4. The van der Waals surface area contributed by atoms with Crippen molar-refractivity contribution in [1.82, 2.24) is 0 Å². The fourth-order valence-electron chi connectivity index (χ4n) is 1.55. The molecule has 106 valence electrons. The fourth-order valence-corrected chi connectivity index (χ4v) is 1.55. The van der Waals surface area contributed by atoms with E-state index in [1.165, 1.54) is 6.07 Å². The summed E-state index contributed by atoms with van der Waals surface area (Å²) in [6, 6.07) is 2.49. The smallest absolute Gasteiger partial charge is 0.340 e. The van der Waals surface area contributed by atoms with E-state index in [1.807, 2.05) is 0 Å². The van der Waals surface area contributed by atoms with Crippen LogP contribution in [0.4, 0.5) is 15.8 Å². The Bertz CT molecular complexity index is 438. The van der Waals surface area contributed by atoms with Crippen LogP contribution in [0.3, 0.4) is 0 Å². The van der Waals surface area contributed by atoms with Gasteiger partial charge in [-0.3, -0.25) is 0 Å². The van der Waals surface area contributed by atoms with Crippen LogP contribution >= 0.6 is 0 Å². The Morgan fingerprint density at radius 1 is 1.47 bits per heavy atom. The van der Waals surface area contributed by atoms with E-state index >= 15 is 0 Å². The first-order valence-electron chi connectivity index (χ1n) is 6.09. The normalized spacial score (nSPS) is 10.3. The zero-order valence-corrected chi connectivity index (χ0v) is 11.2. The minimum absolute atomic E-state index is 0.0680. The molecule has 5 nitrogen and oxygen atoms in total. The van der Waals surface area contributed by atoms with Gasteiger partial charge in [-0.25, -0.2) is 9.18 Å². The van der Waals surface area contributed by atoms with Crippen molar-refractivity contribution in [2.24, 2.45) is 0 Å². The lowest BCUT2D eigenvalue weighted by atomic mass is 10.1. The molecular weight excluding hydrogens is 251 g/mol. The molecule has 19 heavy (non-hydrogen) atoms. The average Bonchev–Trinajstić information content (AvgIpc) is 2.37. The zero-order chi connectivity index (χ0) is 14.3. The number of benzene rings is 1. The Morgan fingerprint density at radius 3 is 2.84 bits per heavy atom. The molecule has 0 atom stereocenters. The highest BCUT2D eigenvalue weighted by Gasteiger charge is 2.14. The number of halogens is 1. The Morgan fingerprint density at radius 2 is 2.21 bits per heavy atom. The number of rotatable bonds is 7. The summed E-state index contributed by atoms with van der Waals surface area (Å²) >= 11 is 0. The second-order valence-corrected chi connectivity index (χ2v) is 3.91. The van der Waals surface area contributed by atoms with E-state index in [1.54, 1.807) is 14.0 Å². The molecular formula is C13H19FN2O3. The Labute approximate surface area is 111 Å². The van der Waals surface area contributed by atoms with Crippen LogP contribution < -0.4 is 11.1 Å². The van der Waals surface area contributed by atoms with Gasteiger partial charge in [0.25, 0.3) is 0 Å². The topological polar surface area (TPSA) is 73.6 Å². The Kier molecular flexibility index (Phi) is 6.08. The Balaban J connectivity index is 2.81. The molecule has 0 amide bonds. The maximum absolute atomic E-state index is 13.7. The van der Waals surface area contributed by atoms with Gasteiger partial charge in [-0.15, -0.1) is 0 Å². The van der Waals surface area contributed by atoms with Crippen molar-refractivity contribution in [2.75, 3.05) is 37.9 Å². The number of hydrogen-bond donors (Lipinski definition) is 2. The minimum atomic E-state index is -0.556. The molecule has 0 unspecified atom stereocenters. The summed E-state index contributed by atoms with van der Waals surface area (Å²) in [5.74, 6) is -1.05. The second kappa shape index (κ2) is 7.58. The molecule has 1 aromatic carbocycles. The van der Waals surface area contributed by atoms with Crippen LogP contribution in [0.25, 0.3) is 0 Å². The lowest BCUT2D eigenvalue weighted by molar-refractivity contribution is 0.0527. The molecule has 0 aliphatic heterocycles. The number of nitrogen functional groups attached to an aromatic ring is 1. The van der Waals surface area contributed by atoms with Crippen molar-refractivity contribution >= 4 is 17.3 Å². The molecule has 3 N–H and O–H groups in total. The van der Waals surface area contributed by atoms with Gasteiger partial charge in [-0.05, 0) is 25.5 Å². The van der Waals surface area contributed by atoms with Crippen molar-refractivity contribution in [3.8, 4) is 0 Å². The first-order valence-corrected chi connectivity index (χ1v) is 6.09. The van der Waals surface area contributed by atoms with Gasteiger partial charge in [0.2, 0.25) is 0 Å². The van der Waals surface area contributed by atoms with Crippen molar-refractivity contribution in [3.63, 3.8) is 0 Å². The van der Waals surface area contributed by atoms with Crippen molar-refractivity contribution in [1.29, 1.82) is 0 Å². The van der Waals surface area contributed by atoms with Gasteiger partial charge in [0.05, 0.1) is 17.9 Å². The molecule has 0 saturated carbocycles. The molecule has 0 radical (unpaired) electrons. The number of nitrogens with two attached hydrogens (primary N) is 1. The molecule has 0 aromatic heterocycles. The number of carbonyl (C=O) groups is 1. The van der Waals surface area contributed by atoms with E-state index in [0.29, 0.717) is 13.2 Å². The number of nitrogens with one attached hydrogen (secondary N) is 1. The molecule has 0 bridgehead atoms. The lowest BCUT2D eigenvalue weighted by Gasteiger charge is -2.11. The first-order chi connectivity index (χ1) is 9.10. The molecule has 0 aliphatic carbocycles. The molecule has 0 aliphatic rings. The van der Waals surface area contributed by atoms with Crippen LogP contribution in [0, 0.1) is 5.82 Å². The zero-order valence-electron chi connectivity index (χ0n) is 11.2. The lowest BCUT2D eigenvalue weighted by Crippen LogP contribution is -2.11. The quantitative estimate of drug-likeness (QED) is 0.450. The first kappa shape index (κ1) is 15.2. The van der Waals surface area contributed by atoms with Crippen LogP contribution in [-0.2, 0) is 9.47 Å². The summed E-state index contributed by atoms with van der Waals surface area (Å²) in [6.07, 6.45) is 0.731. The largest absolute Gasteiger partial charge is 0.462 e. The van der Waals surface area contributed by atoms with Crippen LogP contribution in [0.2, 0.25) is 0 Å². The van der Waals surface area contributed by atoms with Crippen LogP contribution in [0.5, 0.6) is 0 Å². The molecule has 6 heteroatoms. The van der Waals surface area contributed by atoms with Crippen molar-refractivity contribution in [3.05, 3.63) is 23.5 Å². The minimum Gasteiger partial charge on any atom is -0.462 e. The molecule has 0 fully saturated rings. The number of hydrogen-bond acceptors (Lipinski definition) is 5. The maximum atomic E-state index is 13.7. The van der Waals surface area contributed by atoms with Gasteiger partial charge in [0.15, 0.2) is 0 Å². The van der Waals surface area contributed by atoms with Crippen LogP contribution in [-0.4, -0.2) is 32.8 Å². The number of esters is 1. The third kappa shape index (κ3) is 4.40. The summed E-state index contributed by atoms with van der Waals surface area (Å²) in [5, 5.41) is 2.89. The average molecular weight is 270 g/mol. The van der Waals surface area contributed by atoms with E-state index in [0.717, 1.165) is 12.5 Å². The third-order valence-corrected chi connectivity index (χ3v) is 2.48. The third-order valence-electron chi connectivity index (χ3n) is 2.48. The van der Waals surface area contributed by atoms with E-state index in [-0.39, 0.29) is 23.5 Å². The standard InChI is InChI=1S/C13H19FN2O3/c1-3-19-13(17)9-7-12(10(14)8-11(9)15)16-5-4-6-18-2/h7-8,16H,3-6,15H2,1-2H3. The number of ether oxygens (including phenoxy) is 2. The van der Waals surface area contributed by atoms with Crippen LogP contribution in [0.15, 0.2) is 12.1 Å². The summed E-state index contributed by atoms with van der Waals surface area (Å²) in [4.78, 5) is 11.6. The molecule has 0 spiro atoms. The van der Waals surface area contributed by atoms with E-state index < -0.39 is 11.8 Å². The fraction of sp³-hybridized carbons (Fsp3) is 0.462. The van der Waals surface area contributed by atoms with Crippen molar-refractivity contribution < 1.29 is 18.7 Å². The molecule has 1 aromatic rings. The van der Waals surface area contributed by atoms with Gasteiger partial charge in [-0.2, -0.15) is 0 Å². The van der Waals surface area contributed by atoms with Crippen LogP contribution in [0.1, 0.15) is 23.7 Å². The highest BCUT2D eigenvalue weighted by atomic mass is 19.1. The summed E-state index contributed by atoms with van der Waals surface area (Å²) in [6.45, 7) is 3.05. The number of carbonyl (C=O) groups excluding carboxylic acids is 1. The van der Waals surface area contributed by atoms with Gasteiger partial charge >= 0.3 is 5.97 Å². The SMILES string of the molecule is CCOC(=O)c1cc(NCCCOC)c(F)cc1N. The van der Waals surface area contributed by atoms with Gasteiger partial charge in [0.1, 0.15) is 5.82 Å². The molecule has 0 heterocycles. The monoisotopic (exact) mass is 270 g/mol. The van der Waals surface area contributed by atoms with Gasteiger partial charge < -0.3 is 20.5 Å². The summed E-state index contributed by atoms with van der Waals surface area (Å²) in [5.41, 5.74) is 6.07. The molecule has 0 saturated heterocycles. The van der Waals surface area contributed by atoms with Gasteiger partial charge in [-0.1, -0.05) is 0 Å². The van der Waals surface area contributed by atoms with E-state index in [2.05, 4.69) is 5.32 Å². The maximum Gasteiger partial charge on any atom is 0.340 e. The highest BCUT2D eigenvalue weighted by Crippen LogP contribution is 2.23. The number of anilines is 2. The van der Waals surface area contributed by atoms with Gasteiger partial charge in [0, 0.05) is 25.9 Å². The van der Waals surface area contributed by atoms with E-state index in [4.69, 9.17) is 15.2 Å². The molecule has 1 rings (SSSR count). The predicted molar refractivity (Wildman–Crippen MR) is 71.8 cm³/mol. The highest BCUT2D eigenvalue weighted by molar-refractivity contribution is 5.96. The van der Waals surface area contributed by atoms with Crippen molar-refractivity contribution in [2.45, 2.75) is 13.3 Å². The number of methoxy groups -OCH3 is 1. The second-order valence-electron chi connectivity index (χ2n) is 3.91. The predicted octanol–water partition coefficient (Wildman–Crippen LogP) is 2.03.